The molecule has 0 radical (unpaired) electrons. The number of hydrogen-bond donors (Lipinski definition) is 2. The van der Waals surface area contributed by atoms with Gasteiger partial charge in [0.15, 0.2) is 5.82 Å². The molecule has 6 heteroatoms. The molecule has 6 nitrogen and oxygen atoms in total. The first kappa shape index (κ1) is 11.2. The molecule has 1 aliphatic heterocycles. The lowest BCUT2D eigenvalue weighted by atomic mass is 9.97. The maximum absolute atomic E-state index is 5.73. The van der Waals surface area contributed by atoms with Crippen molar-refractivity contribution in [3.63, 3.8) is 0 Å². The van der Waals surface area contributed by atoms with Crippen molar-refractivity contribution in [2.24, 2.45) is 0 Å². The van der Waals surface area contributed by atoms with Gasteiger partial charge in [-0.25, -0.2) is 9.67 Å². The van der Waals surface area contributed by atoms with E-state index in [2.05, 4.69) is 20.6 Å². The Balaban J connectivity index is 1.84. The summed E-state index contributed by atoms with van der Waals surface area (Å²) in [5, 5.41) is 11.7. The number of rotatable bonds is 2. The van der Waals surface area contributed by atoms with E-state index in [1.54, 1.807) is 23.0 Å². The van der Waals surface area contributed by atoms with Gasteiger partial charge in [-0.1, -0.05) is 5.21 Å². The fraction of sp³-hybridized carbons (Fsp3) is 0.417. The summed E-state index contributed by atoms with van der Waals surface area (Å²) < 4.78 is 1.68. The Kier molecular flexibility index (Phi) is 2.93. The lowest BCUT2D eigenvalue weighted by Crippen LogP contribution is -2.28. The first-order valence-electron chi connectivity index (χ1n) is 6.18. The summed E-state index contributed by atoms with van der Waals surface area (Å²) in [6.07, 6.45) is 5.97. The average Bonchev–Trinajstić information content (AvgIpc) is 2.89. The van der Waals surface area contributed by atoms with Crippen LogP contribution in [0.2, 0.25) is 0 Å². The number of hydrogen-bond acceptors (Lipinski definition) is 5. The van der Waals surface area contributed by atoms with E-state index in [1.807, 2.05) is 6.20 Å². The van der Waals surface area contributed by atoms with Crippen molar-refractivity contribution in [3.05, 3.63) is 30.2 Å². The van der Waals surface area contributed by atoms with Crippen LogP contribution in [0.1, 0.15) is 24.5 Å². The molecule has 0 saturated carbocycles. The Hall–Kier alpha value is -1.95. The molecule has 3 rings (SSSR count). The number of nitrogens with two attached hydrogens (primary N) is 1. The van der Waals surface area contributed by atoms with Crippen LogP contribution in [0.4, 0.5) is 5.69 Å². The SMILES string of the molecule is Nc1ccnc(-n2cc(C3CCCNC3)nn2)c1. The summed E-state index contributed by atoms with van der Waals surface area (Å²) in [5.41, 5.74) is 7.43. The third kappa shape index (κ3) is 2.19. The Morgan fingerprint density at radius 2 is 2.39 bits per heavy atom. The maximum atomic E-state index is 5.73. The van der Waals surface area contributed by atoms with Crippen molar-refractivity contribution in [2.45, 2.75) is 18.8 Å². The van der Waals surface area contributed by atoms with Gasteiger partial charge in [-0.15, -0.1) is 5.10 Å². The highest BCUT2D eigenvalue weighted by Crippen LogP contribution is 2.21. The van der Waals surface area contributed by atoms with E-state index in [-0.39, 0.29) is 0 Å². The number of pyridine rings is 1. The Morgan fingerprint density at radius 3 is 3.17 bits per heavy atom. The second-order valence-corrected chi connectivity index (χ2v) is 4.58. The van der Waals surface area contributed by atoms with Crippen molar-refractivity contribution in [1.29, 1.82) is 0 Å². The molecular formula is C12H16N6. The van der Waals surface area contributed by atoms with Crippen molar-refractivity contribution in [3.8, 4) is 5.82 Å². The molecule has 3 N–H and O–H groups in total. The zero-order chi connectivity index (χ0) is 12.4. The Labute approximate surface area is 105 Å². The van der Waals surface area contributed by atoms with E-state index in [0.717, 1.165) is 25.2 Å². The fourth-order valence-corrected chi connectivity index (χ4v) is 2.24. The van der Waals surface area contributed by atoms with Crippen LogP contribution >= 0.6 is 0 Å². The summed E-state index contributed by atoms with van der Waals surface area (Å²) in [4.78, 5) is 4.23. The van der Waals surface area contributed by atoms with E-state index in [9.17, 15) is 0 Å². The molecule has 94 valence electrons. The molecule has 1 atom stereocenters. The molecular weight excluding hydrogens is 228 g/mol. The van der Waals surface area contributed by atoms with Crippen molar-refractivity contribution < 1.29 is 0 Å². The molecule has 0 amide bonds. The zero-order valence-electron chi connectivity index (χ0n) is 10.1. The smallest absolute Gasteiger partial charge is 0.157 e. The topological polar surface area (TPSA) is 81.6 Å². The highest BCUT2D eigenvalue weighted by molar-refractivity contribution is 5.42. The average molecular weight is 244 g/mol. The van der Waals surface area contributed by atoms with Gasteiger partial charge in [-0.2, -0.15) is 0 Å². The Morgan fingerprint density at radius 1 is 1.44 bits per heavy atom. The quantitative estimate of drug-likeness (QED) is 0.813. The largest absolute Gasteiger partial charge is 0.399 e. The van der Waals surface area contributed by atoms with Gasteiger partial charge in [0.2, 0.25) is 0 Å². The zero-order valence-corrected chi connectivity index (χ0v) is 10.1. The molecule has 2 aromatic heterocycles. The number of piperidine rings is 1. The third-order valence-corrected chi connectivity index (χ3v) is 3.23. The third-order valence-electron chi connectivity index (χ3n) is 3.23. The van der Waals surface area contributed by atoms with Crippen LogP contribution in [0.3, 0.4) is 0 Å². The molecule has 1 aliphatic rings. The Bertz CT molecular complexity index is 529. The molecule has 3 heterocycles. The molecule has 0 spiro atoms. The van der Waals surface area contributed by atoms with Gasteiger partial charge >= 0.3 is 0 Å². The molecule has 0 bridgehead atoms. The van der Waals surface area contributed by atoms with Gasteiger partial charge in [0, 0.05) is 30.4 Å². The standard InChI is InChI=1S/C12H16N6/c13-10-3-5-15-12(6-10)18-8-11(16-17-18)9-2-1-4-14-7-9/h3,5-6,8-9,14H,1-2,4,7H2,(H2,13,15). The number of nitrogen functional groups attached to an aromatic ring is 1. The predicted octanol–water partition coefficient (Wildman–Crippen LogP) is 0.711. The summed E-state index contributed by atoms with van der Waals surface area (Å²) in [5.74, 6) is 1.16. The minimum Gasteiger partial charge on any atom is -0.399 e. The van der Waals surface area contributed by atoms with Crippen LogP contribution in [-0.4, -0.2) is 33.1 Å². The van der Waals surface area contributed by atoms with Crippen molar-refractivity contribution in [1.82, 2.24) is 25.3 Å². The number of anilines is 1. The second kappa shape index (κ2) is 4.73. The second-order valence-electron chi connectivity index (χ2n) is 4.58. The summed E-state index contributed by atoms with van der Waals surface area (Å²) >= 11 is 0. The lowest BCUT2D eigenvalue weighted by Gasteiger charge is -2.20. The highest BCUT2D eigenvalue weighted by atomic mass is 15.4. The molecule has 0 aliphatic carbocycles. The molecule has 1 unspecified atom stereocenters. The molecule has 2 aromatic rings. The van der Waals surface area contributed by atoms with E-state index >= 15 is 0 Å². The van der Waals surface area contributed by atoms with Crippen molar-refractivity contribution >= 4 is 5.69 Å². The fourth-order valence-electron chi connectivity index (χ4n) is 2.24. The van der Waals surface area contributed by atoms with Gasteiger partial charge in [0.05, 0.1) is 11.9 Å². The molecule has 18 heavy (non-hydrogen) atoms. The summed E-state index contributed by atoms with van der Waals surface area (Å²) in [6.45, 7) is 2.07. The van der Waals surface area contributed by atoms with Gasteiger partial charge in [0.1, 0.15) is 0 Å². The van der Waals surface area contributed by atoms with Crippen LogP contribution in [-0.2, 0) is 0 Å². The van der Waals surface area contributed by atoms with Gasteiger partial charge in [0.25, 0.3) is 0 Å². The van der Waals surface area contributed by atoms with Crippen LogP contribution < -0.4 is 11.1 Å². The van der Waals surface area contributed by atoms with Crippen LogP contribution in [0.5, 0.6) is 0 Å². The van der Waals surface area contributed by atoms with Gasteiger partial charge in [-0.3, -0.25) is 0 Å². The predicted molar refractivity (Wildman–Crippen MR) is 68.4 cm³/mol. The van der Waals surface area contributed by atoms with Crippen LogP contribution in [0.15, 0.2) is 24.5 Å². The van der Waals surface area contributed by atoms with Crippen molar-refractivity contribution in [2.75, 3.05) is 18.8 Å². The number of nitrogens with zero attached hydrogens (tertiary/aromatic N) is 4. The number of aromatic nitrogens is 4. The van der Waals surface area contributed by atoms with Crippen LogP contribution in [0, 0.1) is 0 Å². The number of nitrogens with one attached hydrogen (secondary N) is 1. The monoisotopic (exact) mass is 244 g/mol. The van der Waals surface area contributed by atoms with E-state index < -0.39 is 0 Å². The molecule has 1 saturated heterocycles. The maximum Gasteiger partial charge on any atom is 0.157 e. The highest BCUT2D eigenvalue weighted by Gasteiger charge is 2.18. The first-order valence-corrected chi connectivity index (χ1v) is 6.18. The van der Waals surface area contributed by atoms with Crippen LogP contribution in [0.25, 0.3) is 5.82 Å². The minimum atomic E-state index is 0.452. The van der Waals surface area contributed by atoms with E-state index in [1.165, 1.54) is 6.42 Å². The minimum absolute atomic E-state index is 0.452. The van der Waals surface area contributed by atoms with Gasteiger partial charge < -0.3 is 11.1 Å². The summed E-state index contributed by atoms with van der Waals surface area (Å²) in [7, 11) is 0. The lowest BCUT2D eigenvalue weighted by molar-refractivity contribution is 0.454. The first-order chi connectivity index (χ1) is 8.83. The van der Waals surface area contributed by atoms with Gasteiger partial charge in [-0.05, 0) is 25.5 Å². The molecule has 0 aromatic carbocycles. The summed E-state index contributed by atoms with van der Waals surface area (Å²) in [6, 6.07) is 3.55. The normalized spacial score (nSPS) is 19.9. The molecule has 1 fully saturated rings. The van der Waals surface area contributed by atoms with E-state index in [4.69, 9.17) is 5.73 Å². The van der Waals surface area contributed by atoms with E-state index in [0.29, 0.717) is 17.4 Å².